The van der Waals surface area contributed by atoms with Crippen LogP contribution in [0.4, 0.5) is 22.7 Å². The van der Waals surface area contributed by atoms with Gasteiger partial charge in [-0.15, -0.1) is 0 Å². The van der Waals surface area contributed by atoms with Crippen LogP contribution < -0.4 is 15.0 Å². The second-order valence-electron chi connectivity index (χ2n) is 13.7. The van der Waals surface area contributed by atoms with E-state index in [-0.39, 0.29) is 6.23 Å². The molecule has 8 aromatic carbocycles. The molecular weight excluding hydrogens is 663 g/mol. The zero-order valence-corrected chi connectivity index (χ0v) is 29.2. The van der Waals surface area contributed by atoms with E-state index in [2.05, 4.69) is 173 Å². The first-order chi connectivity index (χ1) is 26.8. The molecule has 0 spiro atoms. The summed E-state index contributed by atoms with van der Waals surface area (Å²) >= 11 is 0. The Labute approximate surface area is 311 Å². The molecule has 0 bridgehead atoms. The van der Waals surface area contributed by atoms with Gasteiger partial charge in [0.2, 0.25) is 0 Å². The minimum Gasteiger partial charge on any atom is -0.464 e. The van der Waals surface area contributed by atoms with Crippen molar-refractivity contribution in [1.82, 2.24) is 4.57 Å². The minimum absolute atomic E-state index is 0.342. The molecule has 11 rings (SSSR count). The third kappa shape index (κ3) is 4.65. The predicted molar refractivity (Wildman–Crippen MR) is 222 cm³/mol. The largest absolute Gasteiger partial charge is 0.464 e. The first-order valence-electron chi connectivity index (χ1n) is 18.3. The van der Waals surface area contributed by atoms with Crippen molar-refractivity contribution in [2.45, 2.75) is 6.23 Å². The molecule has 3 heterocycles. The van der Waals surface area contributed by atoms with Gasteiger partial charge in [0.1, 0.15) is 5.58 Å². The summed E-state index contributed by atoms with van der Waals surface area (Å²) in [5.41, 5.74) is 12.2. The molecule has 0 aliphatic carbocycles. The van der Waals surface area contributed by atoms with Crippen molar-refractivity contribution in [1.29, 1.82) is 0 Å². The number of fused-ring (bicyclic) bond motifs is 8. The van der Waals surface area contributed by atoms with Crippen LogP contribution in [0, 0.1) is 0 Å². The second kappa shape index (κ2) is 12.2. The Bertz CT molecular complexity index is 3000. The molecule has 1 atom stereocenters. The number of hydrogen-bond donors (Lipinski definition) is 1. The summed E-state index contributed by atoms with van der Waals surface area (Å²) in [5, 5.41) is 8.02. The first kappa shape index (κ1) is 30.4. The van der Waals surface area contributed by atoms with E-state index >= 15 is 0 Å². The fourth-order valence-electron chi connectivity index (χ4n) is 8.28. The molecule has 1 unspecified atom stereocenters. The van der Waals surface area contributed by atoms with Gasteiger partial charge in [0.15, 0.2) is 17.6 Å². The highest BCUT2D eigenvalue weighted by molar-refractivity contribution is 6.20. The lowest BCUT2D eigenvalue weighted by Gasteiger charge is -2.29. The van der Waals surface area contributed by atoms with Crippen molar-refractivity contribution >= 4 is 66.5 Å². The molecule has 10 aromatic rings. The monoisotopic (exact) mass is 695 g/mol. The van der Waals surface area contributed by atoms with Crippen LogP contribution in [0.5, 0.6) is 5.75 Å². The maximum Gasteiger partial charge on any atom is 0.196 e. The molecule has 1 N–H and O–H groups in total. The Hall–Kier alpha value is -7.24. The number of nitrogens with one attached hydrogen (secondary N) is 1. The molecule has 1 aliphatic rings. The standard InChI is InChI=1S/C49H33N3O2/c1-4-17-32(18-5-1)35-23-10-13-26-39(35)52(42-29-16-28-41-45(42)36-24-11-14-27-40(36)51(41)34-21-8-3-9-22-34)43-31-38-47(54-49(50-38)33-19-6-2-7-20-33)46-37-25-12-15-30-44(37)53-48(43)46/h1-31,49-50H. The molecule has 0 radical (unpaired) electrons. The third-order valence-corrected chi connectivity index (χ3v) is 10.6. The topological polar surface area (TPSA) is 42.6 Å². The fraction of sp³-hybridized carbons (Fsp3) is 0.0204. The fourth-order valence-corrected chi connectivity index (χ4v) is 8.28. The Morgan fingerprint density at radius 3 is 2.00 bits per heavy atom. The van der Waals surface area contributed by atoms with Crippen LogP contribution in [0.3, 0.4) is 0 Å². The van der Waals surface area contributed by atoms with Crippen molar-refractivity contribution in [2.75, 3.05) is 10.2 Å². The van der Waals surface area contributed by atoms with E-state index in [4.69, 9.17) is 9.15 Å². The second-order valence-corrected chi connectivity index (χ2v) is 13.7. The van der Waals surface area contributed by atoms with Gasteiger partial charge in [0, 0.05) is 33.0 Å². The summed E-state index contributed by atoms with van der Waals surface area (Å²) in [6.07, 6.45) is -0.342. The smallest absolute Gasteiger partial charge is 0.196 e. The average molecular weight is 696 g/mol. The number of anilines is 4. The first-order valence-corrected chi connectivity index (χ1v) is 18.3. The molecule has 54 heavy (non-hydrogen) atoms. The molecule has 0 saturated carbocycles. The molecular formula is C49H33N3O2. The van der Waals surface area contributed by atoms with Crippen LogP contribution in [-0.2, 0) is 0 Å². The normalized spacial score (nSPS) is 13.7. The molecule has 0 fully saturated rings. The summed E-state index contributed by atoms with van der Waals surface area (Å²) in [7, 11) is 0. The maximum atomic E-state index is 6.94. The van der Waals surface area contributed by atoms with Gasteiger partial charge in [-0.3, -0.25) is 0 Å². The Morgan fingerprint density at radius 2 is 1.17 bits per heavy atom. The highest BCUT2D eigenvalue weighted by atomic mass is 16.5. The number of aromatic nitrogens is 1. The van der Waals surface area contributed by atoms with E-state index in [1.165, 1.54) is 5.39 Å². The van der Waals surface area contributed by atoms with E-state index in [1.54, 1.807) is 0 Å². The van der Waals surface area contributed by atoms with E-state index in [9.17, 15) is 0 Å². The summed E-state index contributed by atoms with van der Waals surface area (Å²) in [4.78, 5) is 2.40. The summed E-state index contributed by atoms with van der Waals surface area (Å²) in [6, 6.07) is 66.0. The number of ether oxygens (including phenoxy) is 1. The van der Waals surface area contributed by atoms with Crippen LogP contribution in [0.2, 0.25) is 0 Å². The van der Waals surface area contributed by atoms with Gasteiger partial charge in [-0.25, -0.2) is 0 Å². The van der Waals surface area contributed by atoms with Crippen LogP contribution in [0.25, 0.3) is 60.6 Å². The Balaban J connectivity index is 1.26. The number of furan rings is 1. The Morgan fingerprint density at radius 1 is 0.519 bits per heavy atom. The van der Waals surface area contributed by atoms with E-state index < -0.39 is 0 Å². The van der Waals surface area contributed by atoms with Crippen LogP contribution in [0.1, 0.15) is 11.8 Å². The van der Waals surface area contributed by atoms with Crippen molar-refractivity contribution in [3.05, 3.63) is 194 Å². The van der Waals surface area contributed by atoms with Crippen LogP contribution in [-0.4, -0.2) is 4.57 Å². The van der Waals surface area contributed by atoms with Gasteiger partial charge < -0.3 is 23.9 Å². The quantitative estimate of drug-likeness (QED) is 0.188. The van der Waals surface area contributed by atoms with Gasteiger partial charge >= 0.3 is 0 Å². The zero-order valence-electron chi connectivity index (χ0n) is 29.2. The van der Waals surface area contributed by atoms with Gasteiger partial charge in [-0.2, -0.15) is 0 Å². The summed E-state index contributed by atoms with van der Waals surface area (Å²) in [5.74, 6) is 0.794. The molecule has 256 valence electrons. The van der Waals surface area contributed by atoms with Gasteiger partial charge in [-0.05, 0) is 54.1 Å². The summed E-state index contributed by atoms with van der Waals surface area (Å²) < 4.78 is 16.1. The Kier molecular flexibility index (Phi) is 6.85. The lowest BCUT2D eigenvalue weighted by Crippen LogP contribution is -2.12. The van der Waals surface area contributed by atoms with Gasteiger partial charge in [0.05, 0.1) is 39.2 Å². The highest BCUT2D eigenvalue weighted by Gasteiger charge is 2.33. The lowest BCUT2D eigenvalue weighted by molar-refractivity contribution is 0.263. The van der Waals surface area contributed by atoms with E-state index in [0.29, 0.717) is 0 Å². The predicted octanol–water partition coefficient (Wildman–Crippen LogP) is 13.3. The van der Waals surface area contributed by atoms with Crippen LogP contribution >= 0.6 is 0 Å². The average Bonchev–Trinajstić information content (AvgIpc) is 3.94. The van der Waals surface area contributed by atoms with Gasteiger partial charge in [0.25, 0.3) is 0 Å². The molecule has 0 amide bonds. The molecule has 0 saturated heterocycles. The lowest BCUT2D eigenvalue weighted by atomic mass is 10.00. The van der Waals surface area contributed by atoms with Crippen LogP contribution in [0.15, 0.2) is 192 Å². The van der Waals surface area contributed by atoms with Crippen molar-refractivity contribution in [3.8, 4) is 22.6 Å². The van der Waals surface area contributed by atoms with Crippen molar-refractivity contribution in [2.24, 2.45) is 0 Å². The highest BCUT2D eigenvalue weighted by Crippen LogP contribution is 2.55. The third-order valence-electron chi connectivity index (χ3n) is 10.6. The van der Waals surface area contributed by atoms with Crippen molar-refractivity contribution < 1.29 is 9.15 Å². The number of para-hydroxylation sites is 4. The SMILES string of the molecule is c1ccc(-c2ccccc2N(c2cc3c(c4c2oc2ccccc24)OC(c2ccccc2)N3)c2cccc3c2c2ccccc2n3-c2ccccc2)cc1. The van der Waals surface area contributed by atoms with Crippen molar-refractivity contribution in [3.63, 3.8) is 0 Å². The maximum absolute atomic E-state index is 6.94. The molecule has 5 heteroatoms. The molecule has 2 aromatic heterocycles. The summed E-state index contributed by atoms with van der Waals surface area (Å²) in [6.45, 7) is 0. The number of benzene rings is 8. The number of nitrogens with zero attached hydrogens (tertiary/aromatic N) is 2. The molecule has 1 aliphatic heterocycles. The zero-order chi connectivity index (χ0) is 35.6. The van der Waals surface area contributed by atoms with E-state index in [1.807, 2.05) is 30.3 Å². The minimum atomic E-state index is -0.342. The molecule has 5 nitrogen and oxygen atoms in total. The van der Waals surface area contributed by atoms with Gasteiger partial charge in [-0.1, -0.05) is 140 Å². The number of rotatable bonds is 6. The number of hydrogen-bond acceptors (Lipinski definition) is 4. The van der Waals surface area contributed by atoms with E-state index in [0.717, 1.165) is 89.2 Å².